The van der Waals surface area contributed by atoms with E-state index in [2.05, 4.69) is 17.7 Å². The first-order valence-electron chi connectivity index (χ1n) is 13.6. The van der Waals surface area contributed by atoms with Gasteiger partial charge in [-0.15, -0.1) is 0 Å². The van der Waals surface area contributed by atoms with Crippen LogP contribution in [0.5, 0.6) is 5.75 Å². The first kappa shape index (κ1) is 28.5. The molecule has 0 aromatic heterocycles. The van der Waals surface area contributed by atoms with Crippen molar-refractivity contribution in [1.29, 1.82) is 0 Å². The number of amides is 3. The lowest BCUT2D eigenvalue weighted by Crippen LogP contribution is -2.40. The third kappa shape index (κ3) is 5.36. The lowest BCUT2D eigenvalue weighted by molar-refractivity contribution is -0.137. The third-order valence-electron chi connectivity index (χ3n) is 8.13. The van der Waals surface area contributed by atoms with Gasteiger partial charge in [-0.1, -0.05) is 67.8 Å². The van der Waals surface area contributed by atoms with Gasteiger partial charge in [0, 0.05) is 11.3 Å². The molecule has 0 radical (unpaired) electrons. The Morgan fingerprint density at radius 2 is 1.82 bits per heavy atom. The smallest absolute Gasteiger partial charge is 0.423 e. The van der Waals surface area contributed by atoms with Crippen molar-refractivity contribution < 1.29 is 34.4 Å². The molecule has 0 unspecified atom stereocenters. The maximum absolute atomic E-state index is 13.1. The predicted molar refractivity (Wildman–Crippen MR) is 147 cm³/mol. The van der Waals surface area contributed by atoms with Crippen molar-refractivity contribution in [3.05, 3.63) is 58.7 Å². The molecular formula is C31H37NO7. The number of rotatable bonds is 9. The van der Waals surface area contributed by atoms with Gasteiger partial charge in [0.15, 0.2) is 0 Å². The van der Waals surface area contributed by atoms with Crippen LogP contribution >= 0.6 is 0 Å². The van der Waals surface area contributed by atoms with Crippen LogP contribution in [-0.4, -0.2) is 57.9 Å². The Balaban J connectivity index is 1.60. The minimum atomic E-state index is -1.02. The second-order valence-electron chi connectivity index (χ2n) is 10.3. The van der Waals surface area contributed by atoms with Gasteiger partial charge in [0.2, 0.25) is 11.8 Å². The predicted octanol–water partition coefficient (Wildman–Crippen LogP) is 4.96. The molecule has 1 aliphatic carbocycles. The molecule has 1 saturated heterocycles. The Hall–Kier alpha value is -3.49. The van der Waals surface area contributed by atoms with E-state index in [1.807, 2.05) is 37.3 Å². The number of allylic oxidation sites excluding steroid dienone is 2. The van der Waals surface area contributed by atoms with Crippen LogP contribution in [0.2, 0.25) is 0 Å². The maximum atomic E-state index is 13.1. The number of hydrogen-bond acceptors (Lipinski definition) is 7. The molecule has 0 bridgehead atoms. The van der Waals surface area contributed by atoms with Crippen LogP contribution in [-0.2, 0) is 14.3 Å². The number of aromatic hydroxyl groups is 1. The van der Waals surface area contributed by atoms with Crippen molar-refractivity contribution in [1.82, 2.24) is 4.90 Å². The Morgan fingerprint density at radius 1 is 1.10 bits per heavy atom. The van der Waals surface area contributed by atoms with Crippen LogP contribution in [0, 0.1) is 17.8 Å². The highest BCUT2D eigenvalue weighted by Crippen LogP contribution is 2.47. The summed E-state index contributed by atoms with van der Waals surface area (Å²) in [7, 11) is 1.11. The monoisotopic (exact) mass is 535 g/mol. The van der Waals surface area contributed by atoms with Crippen molar-refractivity contribution >= 4 is 34.8 Å². The molecule has 3 N–H and O–H groups in total. The van der Waals surface area contributed by atoms with E-state index in [9.17, 15) is 29.7 Å². The van der Waals surface area contributed by atoms with Gasteiger partial charge in [-0.05, 0) is 54.7 Å². The molecule has 1 heterocycles. The number of methoxy groups -OCH3 is 1. The lowest BCUT2D eigenvalue weighted by atomic mass is 9.67. The minimum Gasteiger partial charge on any atom is -0.507 e. The number of carbonyl (C=O) groups excluding carboxylic acids is 3. The average Bonchev–Trinajstić information content (AvgIpc) is 3.20. The van der Waals surface area contributed by atoms with E-state index in [1.165, 1.54) is 0 Å². The SMILES string of the molecule is CCC/C(=C\c1ccc(O)c2ccccc12)CC[C@@H](O)C1=C(CC)C[C@H]2C(=O)N(C(=O)OC)C(=O)[C@H]2[C@H]1CO. The van der Waals surface area contributed by atoms with Gasteiger partial charge < -0.3 is 20.1 Å². The summed E-state index contributed by atoms with van der Waals surface area (Å²) in [6.07, 6.45) is 3.73. The van der Waals surface area contributed by atoms with Crippen LogP contribution < -0.4 is 0 Å². The number of phenolic OH excluding ortho intramolecular Hbond substituents is 1. The van der Waals surface area contributed by atoms with Gasteiger partial charge in [0.25, 0.3) is 0 Å². The summed E-state index contributed by atoms with van der Waals surface area (Å²) in [6, 6.07) is 11.2. The first-order chi connectivity index (χ1) is 18.8. The maximum Gasteiger partial charge on any atom is 0.423 e. The molecular weight excluding hydrogens is 498 g/mol. The van der Waals surface area contributed by atoms with Crippen molar-refractivity contribution in [3.8, 4) is 5.75 Å². The summed E-state index contributed by atoms with van der Waals surface area (Å²) in [5.41, 5.74) is 3.59. The Bertz CT molecular complexity index is 1330. The van der Waals surface area contributed by atoms with Crippen molar-refractivity contribution in [2.75, 3.05) is 13.7 Å². The molecule has 8 heteroatoms. The lowest BCUT2D eigenvalue weighted by Gasteiger charge is -2.36. The van der Waals surface area contributed by atoms with E-state index >= 15 is 0 Å². The zero-order chi connectivity index (χ0) is 28.3. The fraction of sp³-hybridized carbons (Fsp3) is 0.452. The highest BCUT2D eigenvalue weighted by atomic mass is 16.5. The van der Waals surface area contributed by atoms with Crippen LogP contribution in [0.1, 0.15) is 57.9 Å². The Morgan fingerprint density at radius 3 is 2.46 bits per heavy atom. The average molecular weight is 536 g/mol. The van der Waals surface area contributed by atoms with E-state index < -0.39 is 48.4 Å². The number of aliphatic hydroxyl groups excluding tert-OH is 2. The summed E-state index contributed by atoms with van der Waals surface area (Å²) < 4.78 is 4.65. The van der Waals surface area contributed by atoms with Gasteiger partial charge in [0.1, 0.15) is 5.75 Å². The minimum absolute atomic E-state index is 0.227. The number of fused-ring (bicyclic) bond motifs is 2. The molecule has 4 rings (SSSR count). The van der Waals surface area contributed by atoms with Crippen molar-refractivity contribution in [2.24, 2.45) is 17.8 Å². The summed E-state index contributed by atoms with van der Waals surface area (Å²) >= 11 is 0. The molecule has 4 atom stereocenters. The van der Waals surface area contributed by atoms with Crippen molar-refractivity contribution in [3.63, 3.8) is 0 Å². The molecule has 1 fully saturated rings. The molecule has 208 valence electrons. The number of imide groups is 3. The molecule has 0 saturated carbocycles. The fourth-order valence-electron chi connectivity index (χ4n) is 6.29. The van der Waals surface area contributed by atoms with E-state index in [-0.39, 0.29) is 12.2 Å². The topological polar surface area (TPSA) is 124 Å². The van der Waals surface area contributed by atoms with Crippen LogP contribution in [0.15, 0.2) is 53.1 Å². The number of benzene rings is 2. The highest BCUT2D eigenvalue weighted by molar-refractivity contribution is 6.16. The fourth-order valence-corrected chi connectivity index (χ4v) is 6.29. The van der Waals surface area contributed by atoms with E-state index in [1.54, 1.807) is 6.07 Å². The molecule has 1 aliphatic heterocycles. The number of phenols is 1. The van der Waals surface area contributed by atoms with Gasteiger partial charge >= 0.3 is 6.09 Å². The van der Waals surface area contributed by atoms with Crippen LogP contribution in [0.3, 0.4) is 0 Å². The molecule has 3 amide bonds. The second-order valence-corrected chi connectivity index (χ2v) is 10.3. The summed E-state index contributed by atoms with van der Waals surface area (Å²) in [4.78, 5) is 38.8. The number of aliphatic hydroxyl groups is 2. The Labute approximate surface area is 228 Å². The van der Waals surface area contributed by atoms with Gasteiger partial charge in [-0.25, -0.2) is 4.79 Å². The summed E-state index contributed by atoms with van der Waals surface area (Å²) in [5, 5.41) is 33.8. The number of ether oxygens (including phenoxy) is 1. The highest BCUT2D eigenvalue weighted by Gasteiger charge is 2.56. The van der Waals surface area contributed by atoms with Crippen molar-refractivity contribution in [2.45, 2.75) is 58.5 Å². The molecule has 8 nitrogen and oxygen atoms in total. The number of nitrogens with zero attached hydrogens (tertiary/aromatic N) is 1. The largest absolute Gasteiger partial charge is 0.507 e. The Kier molecular flexibility index (Phi) is 8.87. The number of likely N-dealkylation sites (tertiary alicyclic amines) is 1. The van der Waals surface area contributed by atoms with Crippen LogP contribution in [0.4, 0.5) is 4.79 Å². The summed E-state index contributed by atoms with van der Waals surface area (Å²) in [6.45, 7) is 3.60. The first-order valence-corrected chi connectivity index (χ1v) is 13.6. The van der Waals surface area contributed by atoms with Gasteiger partial charge in [-0.3, -0.25) is 9.59 Å². The zero-order valence-electron chi connectivity index (χ0n) is 22.7. The number of carbonyl (C=O) groups is 3. The van der Waals surface area contributed by atoms with Crippen LogP contribution in [0.25, 0.3) is 16.8 Å². The molecule has 2 aromatic rings. The standard InChI is InChI=1S/C31H37NO7/c1-4-8-18(15-20-12-14-25(34)22-10-7-6-9-21(20)22)11-13-26(35)27-19(5-2)16-23-28(24(27)17-33)30(37)32(29(23)36)31(38)39-3/h6-7,9-10,12,14-15,23-24,26,28,33-35H,4-5,8,11,13,16-17H2,1-3H3/b18-15+/t23-,24+,26-,28-/m1/s1. The normalized spacial score (nSPS) is 22.4. The van der Waals surface area contributed by atoms with E-state index in [0.717, 1.165) is 47.4 Å². The van der Waals surface area contributed by atoms with Gasteiger partial charge in [-0.2, -0.15) is 4.90 Å². The molecule has 0 spiro atoms. The summed E-state index contributed by atoms with van der Waals surface area (Å²) in [5.74, 6) is -3.47. The van der Waals surface area contributed by atoms with E-state index in [0.29, 0.717) is 29.7 Å². The quantitative estimate of drug-likeness (QED) is 0.306. The zero-order valence-corrected chi connectivity index (χ0v) is 22.7. The van der Waals surface area contributed by atoms with E-state index in [4.69, 9.17) is 0 Å². The van der Waals surface area contributed by atoms with Gasteiger partial charge in [0.05, 0.1) is 31.7 Å². The molecule has 2 aromatic carbocycles. The second kappa shape index (κ2) is 12.1. The number of hydrogen-bond donors (Lipinski definition) is 3. The molecule has 2 aliphatic rings. The third-order valence-corrected chi connectivity index (χ3v) is 8.13. The molecule has 39 heavy (non-hydrogen) atoms.